The predicted octanol–water partition coefficient (Wildman–Crippen LogP) is 6.84. The van der Waals surface area contributed by atoms with Gasteiger partial charge in [0.2, 0.25) is 0 Å². The van der Waals surface area contributed by atoms with Gasteiger partial charge in [0, 0.05) is 5.56 Å². The highest BCUT2D eigenvalue weighted by atomic mass is 19.1. The van der Waals surface area contributed by atoms with Crippen LogP contribution in [0, 0.1) is 11.6 Å². The molecule has 4 aromatic rings. The van der Waals surface area contributed by atoms with Gasteiger partial charge in [-0.25, -0.2) is 8.78 Å². The standard InChI is InChI=1S/C26H20F2O2/c1-3-16-4-10-22-19(12-16)9-11-21(23(22)15-29)18-7-5-17(6-8-18)20-13-24(27)26(30-2)25(28)14-20/h4-15H,3H2,1-2H3. The Morgan fingerprint density at radius 1 is 0.833 bits per heavy atom. The minimum Gasteiger partial charge on any atom is -0.491 e. The number of halogens is 2. The highest BCUT2D eigenvalue weighted by Crippen LogP contribution is 2.33. The van der Waals surface area contributed by atoms with E-state index in [2.05, 4.69) is 13.0 Å². The third kappa shape index (κ3) is 3.45. The lowest BCUT2D eigenvalue weighted by atomic mass is 9.92. The van der Waals surface area contributed by atoms with Gasteiger partial charge in [-0.15, -0.1) is 0 Å². The molecule has 0 atom stereocenters. The number of methoxy groups -OCH3 is 1. The lowest BCUT2D eigenvalue weighted by Gasteiger charge is -2.11. The van der Waals surface area contributed by atoms with E-state index in [1.807, 2.05) is 36.4 Å². The van der Waals surface area contributed by atoms with Crippen LogP contribution in [0.1, 0.15) is 22.8 Å². The smallest absolute Gasteiger partial charge is 0.190 e. The number of hydrogen-bond acceptors (Lipinski definition) is 2. The van der Waals surface area contributed by atoms with E-state index in [9.17, 15) is 13.6 Å². The molecule has 2 nitrogen and oxygen atoms in total. The second kappa shape index (κ2) is 8.07. The van der Waals surface area contributed by atoms with Crippen LogP contribution in [-0.2, 0) is 6.42 Å². The molecule has 0 saturated heterocycles. The van der Waals surface area contributed by atoms with Crippen LogP contribution in [0.2, 0.25) is 0 Å². The van der Waals surface area contributed by atoms with E-state index in [0.29, 0.717) is 16.7 Å². The first-order valence-corrected chi connectivity index (χ1v) is 9.70. The Kier molecular flexibility index (Phi) is 5.32. The molecule has 4 rings (SSSR count). The van der Waals surface area contributed by atoms with Gasteiger partial charge < -0.3 is 4.74 Å². The van der Waals surface area contributed by atoms with Gasteiger partial charge in [-0.1, -0.05) is 61.5 Å². The van der Waals surface area contributed by atoms with Gasteiger partial charge >= 0.3 is 0 Å². The van der Waals surface area contributed by atoms with E-state index in [4.69, 9.17) is 4.74 Å². The summed E-state index contributed by atoms with van der Waals surface area (Å²) in [5, 5.41) is 1.93. The largest absolute Gasteiger partial charge is 0.491 e. The molecule has 4 heteroatoms. The summed E-state index contributed by atoms with van der Waals surface area (Å²) in [7, 11) is 1.23. The number of rotatable bonds is 5. The van der Waals surface area contributed by atoms with Gasteiger partial charge in [0.25, 0.3) is 0 Å². The zero-order valence-corrected chi connectivity index (χ0v) is 16.7. The molecule has 0 aliphatic carbocycles. The summed E-state index contributed by atoms with van der Waals surface area (Å²) in [5.41, 5.74) is 4.61. The van der Waals surface area contributed by atoms with E-state index in [-0.39, 0.29) is 0 Å². The van der Waals surface area contributed by atoms with Crippen molar-refractivity contribution in [2.45, 2.75) is 13.3 Å². The maximum Gasteiger partial charge on any atom is 0.190 e. The van der Waals surface area contributed by atoms with Crippen molar-refractivity contribution in [1.29, 1.82) is 0 Å². The van der Waals surface area contributed by atoms with Crippen molar-refractivity contribution in [1.82, 2.24) is 0 Å². The first-order valence-electron chi connectivity index (χ1n) is 9.70. The Bertz CT molecular complexity index is 1220. The number of carbonyl (C=O) groups excluding carboxylic acids is 1. The minimum atomic E-state index is -0.749. The van der Waals surface area contributed by atoms with Crippen LogP contribution >= 0.6 is 0 Å². The number of hydrogen-bond donors (Lipinski definition) is 0. The molecule has 0 heterocycles. The molecule has 0 aromatic heterocycles. The molecule has 0 aliphatic rings. The molecular weight excluding hydrogens is 382 g/mol. The lowest BCUT2D eigenvalue weighted by Crippen LogP contribution is -1.94. The average Bonchev–Trinajstić information content (AvgIpc) is 2.77. The molecule has 0 bridgehead atoms. The van der Waals surface area contributed by atoms with Crippen molar-refractivity contribution in [3.05, 3.63) is 89.5 Å². The fourth-order valence-corrected chi connectivity index (χ4v) is 3.77. The molecule has 0 saturated carbocycles. The summed E-state index contributed by atoms with van der Waals surface area (Å²) in [4.78, 5) is 11.9. The maximum absolute atomic E-state index is 14.0. The zero-order valence-electron chi connectivity index (χ0n) is 16.7. The van der Waals surface area contributed by atoms with Gasteiger partial charge in [0.15, 0.2) is 23.7 Å². The van der Waals surface area contributed by atoms with Crippen molar-refractivity contribution >= 4 is 17.1 Å². The highest BCUT2D eigenvalue weighted by molar-refractivity contribution is 6.04. The van der Waals surface area contributed by atoms with Crippen LogP contribution in [0.4, 0.5) is 8.78 Å². The van der Waals surface area contributed by atoms with E-state index in [1.165, 1.54) is 24.8 Å². The van der Waals surface area contributed by atoms with Gasteiger partial charge in [0.1, 0.15) is 0 Å². The van der Waals surface area contributed by atoms with Crippen LogP contribution in [0.25, 0.3) is 33.0 Å². The Morgan fingerprint density at radius 2 is 1.50 bits per heavy atom. The van der Waals surface area contributed by atoms with E-state index < -0.39 is 17.4 Å². The van der Waals surface area contributed by atoms with E-state index in [0.717, 1.165) is 34.6 Å². The molecule has 150 valence electrons. The number of carbonyl (C=O) groups is 1. The summed E-state index contributed by atoms with van der Waals surface area (Å²) >= 11 is 0. The van der Waals surface area contributed by atoms with Crippen LogP contribution in [0.15, 0.2) is 66.7 Å². The van der Waals surface area contributed by atoms with Crippen molar-refractivity contribution in [2.24, 2.45) is 0 Å². The molecule has 0 unspecified atom stereocenters. The topological polar surface area (TPSA) is 26.3 Å². The Hall–Kier alpha value is -3.53. The SMILES string of the molecule is CCc1ccc2c(C=O)c(-c3ccc(-c4cc(F)c(OC)c(F)c4)cc3)ccc2c1. The monoisotopic (exact) mass is 402 g/mol. The predicted molar refractivity (Wildman–Crippen MR) is 116 cm³/mol. The molecule has 4 aromatic carbocycles. The fourth-order valence-electron chi connectivity index (χ4n) is 3.77. The summed E-state index contributed by atoms with van der Waals surface area (Å²) < 4.78 is 32.8. The first kappa shape index (κ1) is 19.8. The van der Waals surface area contributed by atoms with Gasteiger partial charge in [-0.2, -0.15) is 0 Å². The molecule has 30 heavy (non-hydrogen) atoms. The molecule has 0 fully saturated rings. The summed E-state index contributed by atoms with van der Waals surface area (Å²) in [6.45, 7) is 2.10. The van der Waals surface area contributed by atoms with Crippen molar-refractivity contribution < 1.29 is 18.3 Å². The molecule has 0 spiro atoms. The minimum absolute atomic E-state index is 0.395. The quantitative estimate of drug-likeness (QED) is 0.342. The molecule has 0 radical (unpaired) electrons. The van der Waals surface area contributed by atoms with Crippen LogP contribution in [0.5, 0.6) is 5.75 Å². The third-order valence-electron chi connectivity index (χ3n) is 5.38. The molecule has 0 aliphatic heterocycles. The molecule has 0 amide bonds. The van der Waals surface area contributed by atoms with Crippen molar-refractivity contribution in [3.8, 4) is 28.0 Å². The van der Waals surface area contributed by atoms with Crippen LogP contribution < -0.4 is 4.74 Å². The second-order valence-corrected chi connectivity index (χ2v) is 7.10. The van der Waals surface area contributed by atoms with Crippen molar-refractivity contribution in [3.63, 3.8) is 0 Å². The maximum atomic E-state index is 14.0. The van der Waals surface area contributed by atoms with Gasteiger partial charge in [-0.3, -0.25) is 4.79 Å². The summed E-state index contributed by atoms with van der Waals surface area (Å²) in [5.74, 6) is -1.89. The average molecular weight is 402 g/mol. The van der Waals surface area contributed by atoms with Gasteiger partial charge in [-0.05, 0) is 57.1 Å². The van der Waals surface area contributed by atoms with Crippen molar-refractivity contribution in [2.75, 3.05) is 7.11 Å². The van der Waals surface area contributed by atoms with E-state index in [1.54, 1.807) is 12.1 Å². The zero-order chi connectivity index (χ0) is 21.3. The van der Waals surface area contributed by atoms with Crippen LogP contribution in [0.3, 0.4) is 0 Å². The summed E-state index contributed by atoms with van der Waals surface area (Å²) in [6, 6.07) is 19.8. The highest BCUT2D eigenvalue weighted by Gasteiger charge is 2.14. The Labute approximate surface area is 173 Å². The number of ether oxygens (including phenoxy) is 1. The molecule has 0 N–H and O–H groups in total. The fraction of sp³-hybridized carbons (Fsp3) is 0.115. The van der Waals surface area contributed by atoms with Gasteiger partial charge in [0.05, 0.1) is 7.11 Å². The number of aryl methyl sites for hydroxylation is 1. The molecular formula is C26H20F2O2. The first-order chi connectivity index (χ1) is 14.5. The number of fused-ring (bicyclic) bond motifs is 1. The summed E-state index contributed by atoms with van der Waals surface area (Å²) in [6.07, 6.45) is 1.81. The lowest BCUT2D eigenvalue weighted by molar-refractivity contribution is 0.112. The van der Waals surface area contributed by atoms with Crippen LogP contribution in [-0.4, -0.2) is 13.4 Å². The Balaban J connectivity index is 1.76. The Morgan fingerprint density at radius 3 is 2.10 bits per heavy atom. The second-order valence-electron chi connectivity index (χ2n) is 7.10. The number of benzene rings is 4. The third-order valence-corrected chi connectivity index (χ3v) is 5.38. The number of aldehydes is 1. The normalized spacial score (nSPS) is 10.9. The van der Waals surface area contributed by atoms with E-state index >= 15 is 0 Å².